The number of alkyl halides is 3. The van der Waals surface area contributed by atoms with Crippen molar-refractivity contribution in [2.24, 2.45) is 0 Å². The smallest absolute Gasteiger partial charge is 0.319 e. The van der Waals surface area contributed by atoms with Crippen LogP contribution in [0.5, 0.6) is 0 Å². The zero-order chi connectivity index (χ0) is 12.7. The molecule has 0 aromatic heterocycles. The number of rotatable bonds is 5. The van der Waals surface area contributed by atoms with E-state index in [-0.39, 0.29) is 0 Å². The van der Waals surface area contributed by atoms with Crippen LogP contribution in [0.15, 0.2) is 36.4 Å². The zero-order valence-corrected chi connectivity index (χ0v) is 9.72. The van der Waals surface area contributed by atoms with Crippen LogP contribution >= 0.6 is 0 Å². The highest BCUT2D eigenvalue weighted by molar-refractivity contribution is 5.25. The van der Waals surface area contributed by atoms with E-state index >= 15 is 0 Å². The molecule has 0 bridgehead atoms. The maximum absolute atomic E-state index is 12.3. The molecular weight excluding hydrogens is 227 g/mol. The molecule has 1 nitrogen and oxygen atoms in total. The standard InChI is InChI=1S/C13H16F3N/c1-17-10-4-2-3-5-11-6-8-12(9-7-11)13(14,15)16/h2-3,6-9,17H,4-5,10H2,1H3. The van der Waals surface area contributed by atoms with Crippen LogP contribution < -0.4 is 5.32 Å². The number of hydrogen-bond acceptors (Lipinski definition) is 1. The molecule has 0 fully saturated rings. The SMILES string of the molecule is CNCCC=CCc1ccc(C(F)(F)F)cc1. The lowest BCUT2D eigenvalue weighted by Gasteiger charge is -2.06. The van der Waals surface area contributed by atoms with Gasteiger partial charge in [-0.1, -0.05) is 24.3 Å². The van der Waals surface area contributed by atoms with Gasteiger partial charge in [0.2, 0.25) is 0 Å². The van der Waals surface area contributed by atoms with Crippen molar-refractivity contribution in [2.75, 3.05) is 13.6 Å². The van der Waals surface area contributed by atoms with Crippen LogP contribution in [-0.2, 0) is 12.6 Å². The topological polar surface area (TPSA) is 12.0 Å². The highest BCUT2D eigenvalue weighted by atomic mass is 19.4. The van der Waals surface area contributed by atoms with Gasteiger partial charge in [-0.3, -0.25) is 0 Å². The molecule has 4 heteroatoms. The molecule has 0 saturated heterocycles. The van der Waals surface area contributed by atoms with Crippen molar-refractivity contribution in [1.82, 2.24) is 5.32 Å². The van der Waals surface area contributed by atoms with E-state index in [1.807, 2.05) is 19.2 Å². The summed E-state index contributed by atoms with van der Waals surface area (Å²) in [5, 5.41) is 3.01. The molecule has 0 aliphatic rings. The van der Waals surface area contributed by atoms with E-state index in [1.54, 1.807) is 0 Å². The van der Waals surface area contributed by atoms with Gasteiger partial charge in [0.15, 0.2) is 0 Å². The van der Waals surface area contributed by atoms with E-state index in [2.05, 4.69) is 5.32 Å². The first-order valence-electron chi connectivity index (χ1n) is 5.50. The molecular formula is C13H16F3N. The molecule has 0 amide bonds. The first-order valence-corrected chi connectivity index (χ1v) is 5.50. The molecule has 0 aliphatic carbocycles. The van der Waals surface area contributed by atoms with Crippen molar-refractivity contribution < 1.29 is 13.2 Å². The maximum Gasteiger partial charge on any atom is 0.416 e. The third-order valence-electron chi connectivity index (χ3n) is 2.36. The summed E-state index contributed by atoms with van der Waals surface area (Å²) in [5.74, 6) is 0. The van der Waals surface area contributed by atoms with Crippen LogP contribution in [0.1, 0.15) is 17.5 Å². The fraction of sp³-hybridized carbons (Fsp3) is 0.385. The Morgan fingerprint density at radius 2 is 1.76 bits per heavy atom. The van der Waals surface area contributed by atoms with Crippen molar-refractivity contribution in [3.8, 4) is 0 Å². The Kier molecular flexibility index (Phi) is 5.22. The number of halogens is 3. The van der Waals surface area contributed by atoms with Gasteiger partial charge in [-0.2, -0.15) is 13.2 Å². The average Bonchev–Trinajstić information content (AvgIpc) is 2.28. The Morgan fingerprint density at radius 3 is 2.29 bits per heavy atom. The molecule has 0 radical (unpaired) electrons. The minimum atomic E-state index is -4.25. The fourth-order valence-electron chi connectivity index (χ4n) is 1.39. The minimum Gasteiger partial charge on any atom is -0.319 e. The van der Waals surface area contributed by atoms with Crippen LogP contribution in [0.25, 0.3) is 0 Å². The first kappa shape index (κ1) is 13.8. The third-order valence-corrected chi connectivity index (χ3v) is 2.36. The summed E-state index contributed by atoms with van der Waals surface area (Å²) in [5.41, 5.74) is 0.291. The summed E-state index contributed by atoms with van der Waals surface area (Å²) >= 11 is 0. The molecule has 1 aromatic carbocycles. The second-order valence-electron chi connectivity index (χ2n) is 3.76. The predicted octanol–water partition coefficient (Wildman–Crippen LogP) is 3.41. The summed E-state index contributed by atoms with van der Waals surface area (Å²) < 4.78 is 36.9. The third kappa shape index (κ3) is 5.04. The molecule has 0 aliphatic heterocycles. The van der Waals surface area contributed by atoms with E-state index < -0.39 is 11.7 Å². The van der Waals surface area contributed by atoms with Crippen LogP contribution in [0.3, 0.4) is 0 Å². The normalized spacial score (nSPS) is 12.2. The van der Waals surface area contributed by atoms with Crippen molar-refractivity contribution >= 4 is 0 Å². The van der Waals surface area contributed by atoms with E-state index in [9.17, 15) is 13.2 Å². The molecule has 0 heterocycles. The van der Waals surface area contributed by atoms with Crippen LogP contribution in [-0.4, -0.2) is 13.6 Å². The number of benzene rings is 1. The molecule has 1 aromatic rings. The van der Waals surface area contributed by atoms with E-state index in [1.165, 1.54) is 12.1 Å². The monoisotopic (exact) mass is 243 g/mol. The average molecular weight is 243 g/mol. The quantitative estimate of drug-likeness (QED) is 0.617. The Bertz CT molecular complexity index is 352. The summed E-state index contributed by atoms with van der Waals surface area (Å²) in [6.45, 7) is 0.906. The number of allylic oxidation sites excluding steroid dienone is 1. The van der Waals surface area contributed by atoms with Crippen molar-refractivity contribution in [3.05, 3.63) is 47.5 Å². The summed E-state index contributed by atoms with van der Waals surface area (Å²) in [4.78, 5) is 0. The molecule has 1 rings (SSSR count). The van der Waals surface area contributed by atoms with Crippen LogP contribution in [0.4, 0.5) is 13.2 Å². The predicted molar refractivity (Wildman–Crippen MR) is 62.8 cm³/mol. The number of hydrogen-bond donors (Lipinski definition) is 1. The van der Waals surface area contributed by atoms with Gasteiger partial charge < -0.3 is 5.32 Å². The van der Waals surface area contributed by atoms with E-state index in [0.717, 1.165) is 30.7 Å². The van der Waals surface area contributed by atoms with Gasteiger partial charge >= 0.3 is 6.18 Å². The van der Waals surface area contributed by atoms with Crippen molar-refractivity contribution in [3.63, 3.8) is 0 Å². The second-order valence-corrected chi connectivity index (χ2v) is 3.76. The molecule has 17 heavy (non-hydrogen) atoms. The van der Waals surface area contributed by atoms with Gasteiger partial charge in [-0.05, 0) is 44.1 Å². The molecule has 0 saturated carbocycles. The second kappa shape index (κ2) is 6.45. The van der Waals surface area contributed by atoms with Crippen LogP contribution in [0.2, 0.25) is 0 Å². The van der Waals surface area contributed by atoms with Gasteiger partial charge in [-0.25, -0.2) is 0 Å². The Morgan fingerprint density at radius 1 is 1.12 bits per heavy atom. The summed E-state index contributed by atoms with van der Waals surface area (Å²) in [7, 11) is 1.88. The first-order chi connectivity index (χ1) is 8.04. The molecule has 1 N–H and O–H groups in total. The highest BCUT2D eigenvalue weighted by Crippen LogP contribution is 2.29. The van der Waals surface area contributed by atoms with E-state index in [4.69, 9.17) is 0 Å². The lowest BCUT2D eigenvalue weighted by Crippen LogP contribution is -2.05. The van der Waals surface area contributed by atoms with Gasteiger partial charge in [0.1, 0.15) is 0 Å². The van der Waals surface area contributed by atoms with Gasteiger partial charge in [0.25, 0.3) is 0 Å². The Hall–Kier alpha value is -1.29. The molecule has 0 atom stereocenters. The Labute approximate surface area is 99.3 Å². The van der Waals surface area contributed by atoms with Crippen molar-refractivity contribution in [1.29, 1.82) is 0 Å². The molecule has 0 spiro atoms. The lowest BCUT2D eigenvalue weighted by molar-refractivity contribution is -0.137. The fourth-order valence-corrected chi connectivity index (χ4v) is 1.39. The van der Waals surface area contributed by atoms with Crippen molar-refractivity contribution in [2.45, 2.75) is 19.0 Å². The summed E-state index contributed by atoms with van der Waals surface area (Å²) in [6.07, 6.45) is 1.34. The lowest BCUT2D eigenvalue weighted by atomic mass is 10.1. The highest BCUT2D eigenvalue weighted by Gasteiger charge is 2.29. The zero-order valence-electron chi connectivity index (χ0n) is 9.72. The van der Waals surface area contributed by atoms with Gasteiger partial charge in [-0.15, -0.1) is 0 Å². The molecule has 94 valence electrons. The molecule has 0 unspecified atom stereocenters. The van der Waals surface area contributed by atoms with Gasteiger partial charge in [0, 0.05) is 0 Å². The van der Waals surface area contributed by atoms with Gasteiger partial charge in [0.05, 0.1) is 5.56 Å². The van der Waals surface area contributed by atoms with Crippen LogP contribution in [0, 0.1) is 0 Å². The Balaban J connectivity index is 2.49. The minimum absolute atomic E-state index is 0.597. The van der Waals surface area contributed by atoms with E-state index in [0.29, 0.717) is 6.42 Å². The summed E-state index contributed by atoms with van der Waals surface area (Å²) in [6, 6.07) is 5.28. The number of nitrogens with one attached hydrogen (secondary N) is 1. The largest absolute Gasteiger partial charge is 0.416 e. The maximum atomic E-state index is 12.3.